The van der Waals surface area contributed by atoms with Crippen LogP contribution in [0.5, 0.6) is 0 Å². The number of carbonyl (C=O) groups is 1. The maximum atomic E-state index is 12.7. The number of hydrogen-bond acceptors (Lipinski definition) is 5. The van der Waals surface area contributed by atoms with Crippen LogP contribution in [-0.4, -0.2) is 31.1 Å². The van der Waals surface area contributed by atoms with Crippen molar-refractivity contribution in [3.05, 3.63) is 71.8 Å². The van der Waals surface area contributed by atoms with E-state index in [2.05, 4.69) is 71.6 Å². The zero-order valence-corrected chi connectivity index (χ0v) is 22.2. The highest BCUT2D eigenvalue weighted by Gasteiger charge is 2.18. The molecule has 1 amide bonds. The van der Waals surface area contributed by atoms with E-state index in [1.165, 1.54) is 24.8 Å². The van der Waals surface area contributed by atoms with Crippen molar-refractivity contribution in [2.24, 2.45) is 5.92 Å². The van der Waals surface area contributed by atoms with Crippen LogP contribution in [0.25, 0.3) is 55.6 Å². The minimum absolute atomic E-state index is 0.0719. The Kier molecular flexibility index (Phi) is 6.17. The first-order valence-corrected chi connectivity index (χ1v) is 14.4. The van der Waals surface area contributed by atoms with E-state index < -0.39 is 0 Å². The standard InChI is InChI=1S/C31H28N6OS/c38-29(12-19-4-2-1-3-5-19)34-23-13-22(16-32-17-23)20-6-7-27-26(14-20)30(37-36-27)28-15-25-24(21-9-11-39-18-21)8-10-33-31(25)35-28/h6-11,13-19H,1-5,12H2,(H,33,35)(H,34,38)(H,36,37). The molecule has 1 aromatic carbocycles. The molecule has 7 rings (SSSR count). The van der Waals surface area contributed by atoms with E-state index in [0.29, 0.717) is 12.3 Å². The van der Waals surface area contributed by atoms with Gasteiger partial charge in [0, 0.05) is 35.2 Å². The molecule has 8 heteroatoms. The summed E-state index contributed by atoms with van der Waals surface area (Å²) in [6.45, 7) is 0. The lowest BCUT2D eigenvalue weighted by molar-refractivity contribution is -0.117. The fourth-order valence-electron chi connectivity index (χ4n) is 5.75. The Hall–Kier alpha value is -4.30. The van der Waals surface area contributed by atoms with Crippen LogP contribution in [-0.2, 0) is 4.79 Å². The number of amides is 1. The molecule has 39 heavy (non-hydrogen) atoms. The second-order valence-electron chi connectivity index (χ2n) is 10.4. The Morgan fingerprint density at radius 3 is 2.77 bits per heavy atom. The maximum absolute atomic E-state index is 12.7. The third-order valence-corrected chi connectivity index (χ3v) is 8.42. The van der Waals surface area contributed by atoms with Crippen LogP contribution < -0.4 is 5.32 Å². The number of nitrogens with one attached hydrogen (secondary N) is 3. The van der Waals surface area contributed by atoms with E-state index in [1.807, 2.05) is 24.5 Å². The summed E-state index contributed by atoms with van der Waals surface area (Å²) in [5.41, 5.74) is 8.54. The second-order valence-corrected chi connectivity index (χ2v) is 11.1. The Labute approximate surface area is 229 Å². The topological polar surface area (TPSA) is 99.3 Å². The third-order valence-electron chi connectivity index (χ3n) is 7.74. The molecule has 0 saturated heterocycles. The van der Waals surface area contributed by atoms with Crippen LogP contribution in [0.3, 0.4) is 0 Å². The van der Waals surface area contributed by atoms with E-state index in [4.69, 9.17) is 0 Å². The normalized spacial score (nSPS) is 14.3. The van der Waals surface area contributed by atoms with Crippen molar-refractivity contribution in [3.63, 3.8) is 0 Å². The summed E-state index contributed by atoms with van der Waals surface area (Å²) in [6.07, 6.45) is 12.0. The molecule has 1 fully saturated rings. The molecule has 0 aliphatic heterocycles. The number of aromatic amines is 2. The fourth-order valence-corrected chi connectivity index (χ4v) is 6.41. The van der Waals surface area contributed by atoms with Gasteiger partial charge < -0.3 is 10.3 Å². The average Bonchev–Trinajstić information content (AvgIpc) is 3.73. The number of pyridine rings is 2. The van der Waals surface area contributed by atoms with Gasteiger partial charge in [-0.1, -0.05) is 25.3 Å². The van der Waals surface area contributed by atoms with Gasteiger partial charge in [0.15, 0.2) is 0 Å². The van der Waals surface area contributed by atoms with Crippen LogP contribution >= 0.6 is 11.3 Å². The number of aromatic nitrogens is 5. The first kappa shape index (κ1) is 23.8. The van der Waals surface area contributed by atoms with Crippen molar-refractivity contribution in [1.82, 2.24) is 25.1 Å². The monoisotopic (exact) mass is 532 g/mol. The first-order chi connectivity index (χ1) is 19.2. The van der Waals surface area contributed by atoms with Crippen molar-refractivity contribution in [2.75, 3.05) is 5.32 Å². The van der Waals surface area contributed by atoms with Gasteiger partial charge in [-0.25, -0.2) is 4.98 Å². The molecular formula is C31H28N6OS. The van der Waals surface area contributed by atoms with E-state index in [9.17, 15) is 4.79 Å². The van der Waals surface area contributed by atoms with Crippen LogP contribution in [0.15, 0.2) is 71.8 Å². The number of thiophene rings is 1. The van der Waals surface area contributed by atoms with E-state index >= 15 is 0 Å². The fraction of sp³-hybridized carbons (Fsp3) is 0.226. The zero-order valence-electron chi connectivity index (χ0n) is 21.4. The predicted molar refractivity (Wildman–Crippen MR) is 158 cm³/mol. The lowest BCUT2D eigenvalue weighted by atomic mass is 9.87. The third kappa shape index (κ3) is 4.72. The largest absolute Gasteiger partial charge is 0.338 e. The number of benzene rings is 1. The zero-order chi connectivity index (χ0) is 26.2. The first-order valence-electron chi connectivity index (χ1n) is 13.5. The van der Waals surface area contributed by atoms with Gasteiger partial charge in [0.05, 0.1) is 23.1 Å². The number of H-pyrrole nitrogens is 2. The number of rotatable bonds is 6. The predicted octanol–water partition coefficient (Wildman–Crippen LogP) is 7.81. The molecule has 0 bridgehead atoms. The summed E-state index contributed by atoms with van der Waals surface area (Å²) < 4.78 is 0. The van der Waals surface area contributed by atoms with Crippen molar-refractivity contribution in [2.45, 2.75) is 38.5 Å². The molecule has 0 radical (unpaired) electrons. The Morgan fingerprint density at radius 2 is 1.90 bits per heavy atom. The van der Waals surface area contributed by atoms with Gasteiger partial charge in [-0.2, -0.15) is 16.4 Å². The summed E-state index contributed by atoms with van der Waals surface area (Å²) >= 11 is 1.68. The number of carbonyl (C=O) groups excluding carboxylic acids is 1. The van der Waals surface area contributed by atoms with Crippen molar-refractivity contribution < 1.29 is 4.79 Å². The Bertz CT molecular complexity index is 1780. The molecule has 5 heterocycles. The van der Waals surface area contributed by atoms with Crippen molar-refractivity contribution >= 4 is 44.9 Å². The van der Waals surface area contributed by atoms with Crippen LogP contribution in [0, 0.1) is 5.92 Å². The highest BCUT2D eigenvalue weighted by atomic mass is 32.1. The molecule has 7 nitrogen and oxygen atoms in total. The molecule has 5 aromatic heterocycles. The second kappa shape index (κ2) is 10.1. The summed E-state index contributed by atoms with van der Waals surface area (Å²) in [5, 5.41) is 17.2. The highest BCUT2D eigenvalue weighted by molar-refractivity contribution is 7.08. The van der Waals surface area contributed by atoms with E-state index in [0.717, 1.165) is 68.5 Å². The molecule has 0 unspecified atom stereocenters. The van der Waals surface area contributed by atoms with E-state index in [1.54, 1.807) is 17.5 Å². The summed E-state index contributed by atoms with van der Waals surface area (Å²) in [5.74, 6) is 0.570. The molecule has 1 saturated carbocycles. The summed E-state index contributed by atoms with van der Waals surface area (Å²) in [6, 6.07) is 14.5. The quantitative estimate of drug-likeness (QED) is 0.204. The van der Waals surface area contributed by atoms with Crippen LogP contribution in [0.4, 0.5) is 5.69 Å². The lowest BCUT2D eigenvalue weighted by Crippen LogP contribution is -2.18. The number of hydrogen-bond donors (Lipinski definition) is 3. The molecule has 1 aliphatic rings. The Morgan fingerprint density at radius 1 is 0.974 bits per heavy atom. The molecule has 1 aliphatic carbocycles. The molecule has 194 valence electrons. The van der Waals surface area contributed by atoms with Crippen LogP contribution in [0.2, 0.25) is 0 Å². The minimum Gasteiger partial charge on any atom is -0.338 e. The molecule has 6 aromatic rings. The summed E-state index contributed by atoms with van der Waals surface area (Å²) in [4.78, 5) is 25.1. The van der Waals surface area contributed by atoms with Gasteiger partial charge in [0.1, 0.15) is 11.3 Å². The average molecular weight is 533 g/mol. The lowest BCUT2D eigenvalue weighted by Gasteiger charge is -2.20. The van der Waals surface area contributed by atoms with Gasteiger partial charge in [-0.15, -0.1) is 0 Å². The highest BCUT2D eigenvalue weighted by Crippen LogP contribution is 2.35. The smallest absolute Gasteiger partial charge is 0.224 e. The van der Waals surface area contributed by atoms with Gasteiger partial charge in [0.25, 0.3) is 0 Å². The minimum atomic E-state index is 0.0719. The van der Waals surface area contributed by atoms with Crippen molar-refractivity contribution in [3.8, 4) is 33.6 Å². The van der Waals surface area contributed by atoms with Crippen molar-refractivity contribution in [1.29, 1.82) is 0 Å². The molecule has 0 atom stereocenters. The molecular weight excluding hydrogens is 504 g/mol. The van der Waals surface area contributed by atoms with Gasteiger partial charge in [-0.05, 0) is 82.6 Å². The van der Waals surface area contributed by atoms with Gasteiger partial charge in [0.2, 0.25) is 5.91 Å². The molecule has 0 spiro atoms. The van der Waals surface area contributed by atoms with Gasteiger partial charge >= 0.3 is 0 Å². The number of fused-ring (bicyclic) bond motifs is 2. The van der Waals surface area contributed by atoms with Crippen LogP contribution in [0.1, 0.15) is 38.5 Å². The SMILES string of the molecule is O=C(CC1CCCCC1)Nc1cncc(-c2ccc3[nH]nc(-c4cc5c(-c6ccsc6)ccnc5[nH]4)c3c2)c1. The maximum Gasteiger partial charge on any atom is 0.224 e. The summed E-state index contributed by atoms with van der Waals surface area (Å²) in [7, 11) is 0. The number of nitrogens with zero attached hydrogens (tertiary/aromatic N) is 3. The van der Waals surface area contributed by atoms with E-state index in [-0.39, 0.29) is 5.91 Å². The van der Waals surface area contributed by atoms with Gasteiger partial charge in [-0.3, -0.25) is 14.9 Å². The molecule has 3 N–H and O–H groups in total. The number of anilines is 1. The Balaban J connectivity index is 1.19.